The van der Waals surface area contributed by atoms with Gasteiger partial charge in [0, 0.05) is 11.8 Å². The van der Waals surface area contributed by atoms with Crippen LogP contribution in [0.15, 0.2) is 41.6 Å². The summed E-state index contributed by atoms with van der Waals surface area (Å²) in [5.41, 5.74) is 2.81. The van der Waals surface area contributed by atoms with E-state index in [1.165, 1.54) is 13.2 Å². The molecule has 0 saturated carbocycles. The van der Waals surface area contributed by atoms with Crippen LogP contribution in [-0.4, -0.2) is 30.4 Å². The summed E-state index contributed by atoms with van der Waals surface area (Å²) in [6.07, 6.45) is -3.75. The quantitative estimate of drug-likeness (QED) is 0.582. The van der Waals surface area contributed by atoms with Crippen molar-refractivity contribution in [3.05, 3.63) is 47.7 Å². The average Bonchev–Trinajstić information content (AvgIpc) is 2.63. The molecular weight excluding hydrogens is 367 g/mol. The van der Waals surface area contributed by atoms with Crippen LogP contribution < -0.4 is 20.0 Å². The molecule has 1 aromatic heterocycles. The number of carbonyl (C=O) groups excluding carboxylic acids is 1. The number of aromatic nitrogens is 1. The Morgan fingerprint density at radius 2 is 2.00 bits per heavy atom. The number of carbonyl (C=O) groups is 1. The van der Waals surface area contributed by atoms with Crippen LogP contribution in [-0.2, 0) is 11.0 Å². The highest BCUT2D eigenvalue weighted by Crippen LogP contribution is 2.29. The maximum absolute atomic E-state index is 12.5. The largest absolute Gasteiger partial charge is 0.546 e. The molecule has 0 aliphatic carbocycles. The van der Waals surface area contributed by atoms with E-state index < -0.39 is 24.3 Å². The molecule has 1 N–H and O–H groups in total. The summed E-state index contributed by atoms with van der Waals surface area (Å²) >= 11 is 0. The van der Waals surface area contributed by atoms with Crippen LogP contribution in [0.1, 0.15) is 18.1 Å². The van der Waals surface area contributed by atoms with Gasteiger partial charge in [-0.3, -0.25) is 5.43 Å². The highest BCUT2D eigenvalue weighted by atomic mass is 19.4. The molecule has 0 amide bonds. The summed E-state index contributed by atoms with van der Waals surface area (Å²) in [6.45, 7) is 1.04. The van der Waals surface area contributed by atoms with E-state index in [2.05, 4.69) is 15.5 Å². The zero-order valence-electron chi connectivity index (χ0n) is 14.3. The Balaban J connectivity index is 2.12. The second-order valence-corrected chi connectivity index (χ2v) is 5.27. The lowest BCUT2D eigenvalue weighted by atomic mass is 10.1. The standard InChI is InChI=1S/C17H16F3N3O4/c1-10(22-23-15-6-4-12(8-21-15)17(18,19)20)11-3-5-13(14(7-11)26-2)27-9-16(24)25/h3-8H,9H2,1-2H3,(H,21,23)(H,24,25)/p-1/b22-10-. The maximum atomic E-state index is 12.5. The number of hydrogen-bond acceptors (Lipinski definition) is 7. The monoisotopic (exact) mass is 382 g/mol. The average molecular weight is 382 g/mol. The number of carboxylic acids is 1. The molecular formula is C17H15F3N3O4-. The molecule has 1 aromatic carbocycles. The number of halogens is 3. The third-order valence-electron chi connectivity index (χ3n) is 3.36. The van der Waals surface area contributed by atoms with E-state index >= 15 is 0 Å². The fraction of sp³-hybridized carbons (Fsp3) is 0.235. The lowest BCUT2D eigenvalue weighted by molar-refractivity contribution is -0.307. The molecule has 144 valence electrons. The summed E-state index contributed by atoms with van der Waals surface area (Å²) < 4.78 is 47.7. The molecule has 7 nitrogen and oxygen atoms in total. The van der Waals surface area contributed by atoms with Gasteiger partial charge < -0.3 is 19.4 Å². The van der Waals surface area contributed by atoms with Crippen molar-refractivity contribution in [2.24, 2.45) is 5.10 Å². The third-order valence-corrected chi connectivity index (χ3v) is 3.36. The van der Waals surface area contributed by atoms with Crippen LogP contribution in [0.4, 0.5) is 19.0 Å². The SMILES string of the molecule is COc1cc(/C(C)=N\Nc2ccc(C(F)(F)F)cn2)ccc1OCC(=O)[O-]. The number of carboxylic acid groups (broad SMARTS) is 1. The molecule has 0 saturated heterocycles. The Bertz CT molecular complexity index is 836. The molecule has 2 rings (SSSR count). The number of benzene rings is 1. The molecule has 0 unspecified atom stereocenters. The number of nitrogens with one attached hydrogen (secondary N) is 1. The highest BCUT2D eigenvalue weighted by Gasteiger charge is 2.30. The van der Waals surface area contributed by atoms with Crippen molar-refractivity contribution >= 4 is 17.5 Å². The number of aliphatic carboxylic acids is 1. The fourth-order valence-electron chi connectivity index (χ4n) is 1.98. The van der Waals surface area contributed by atoms with Gasteiger partial charge in [0.25, 0.3) is 0 Å². The Morgan fingerprint density at radius 3 is 2.56 bits per heavy atom. The number of nitrogens with zero attached hydrogens (tertiary/aromatic N) is 2. The van der Waals surface area contributed by atoms with E-state index in [0.29, 0.717) is 17.5 Å². The summed E-state index contributed by atoms with van der Waals surface area (Å²) in [5, 5.41) is 14.5. The Kier molecular flexibility index (Phi) is 6.22. The summed E-state index contributed by atoms with van der Waals surface area (Å²) in [7, 11) is 1.39. The minimum absolute atomic E-state index is 0.142. The van der Waals surface area contributed by atoms with Crippen molar-refractivity contribution in [1.29, 1.82) is 0 Å². The van der Waals surface area contributed by atoms with Gasteiger partial charge >= 0.3 is 6.18 Å². The number of rotatable bonds is 7. The smallest absolute Gasteiger partial charge is 0.417 e. The summed E-state index contributed by atoms with van der Waals surface area (Å²) in [4.78, 5) is 14.1. The first kappa shape index (κ1) is 20.0. The van der Waals surface area contributed by atoms with Crippen LogP contribution in [0, 0.1) is 0 Å². The number of hydrazone groups is 1. The minimum Gasteiger partial charge on any atom is -0.546 e. The summed E-state index contributed by atoms with van der Waals surface area (Å²) in [6, 6.07) is 6.76. The third kappa shape index (κ3) is 5.59. The maximum Gasteiger partial charge on any atom is 0.417 e. The Hall–Kier alpha value is -3.30. The first-order chi connectivity index (χ1) is 12.7. The Morgan fingerprint density at radius 1 is 1.26 bits per heavy atom. The highest BCUT2D eigenvalue weighted by molar-refractivity contribution is 5.99. The van der Waals surface area contributed by atoms with E-state index in [-0.39, 0.29) is 17.3 Å². The van der Waals surface area contributed by atoms with Gasteiger partial charge in [-0.15, -0.1) is 0 Å². The van der Waals surface area contributed by atoms with E-state index in [0.717, 1.165) is 12.1 Å². The molecule has 2 aromatic rings. The molecule has 10 heteroatoms. The van der Waals surface area contributed by atoms with E-state index in [9.17, 15) is 23.1 Å². The molecule has 0 spiro atoms. The van der Waals surface area contributed by atoms with Crippen molar-refractivity contribution in [3.63, 3.8) is 0 Å². The second-order valence-electron chi connectivity index (χ2n) is 5.27. The fourth-order valence-corrected chi connectivity index (χ4v) is 1.98. The zero-order chi connectivity index (χ0) is 20.0. The molecule has 27 heavy (non-hydrogen) atoms. The first-order valence-corrected chi connectivity index (χ1v) is 7.55. The molecule has 0 bridgehead atoms. The molecule has 0 aliphatic heterocycles. The topological polar surface area (TPSA) is 95.9 Å². The molecule has 0 radical (unpaired) electrons. The van der Waals surface area contributed by atoms with Gasteiger partial charge in [0.15, 0.2) is 11.5 Å². The number of hydrogen-bond donors (Lipinski definition) is 1. The van der Waals surface area contributed by atoms with Gasteiger partial charge in [0.2, 0.25) is 0 Å². The second kappa shape index (κ2) is 8.39. The van der Waals surface area contributed by atoms with Gasteiger partial charge in [0.1, 0.15) is 12.4 Å². The molecule has 0 atom stereocenters. The van der Waals surface area contributed by atoms with Gasteiger partial charge in [0.05, 0.1) is 24.4 Å². The Labute approximate surface area is 152 Å². The number of ether oxygens (including phenoxy) is 2. The number of anilines is 1. The summed E-state index contributed by atoms with van der Waals surface area (Å²) in [5.74, 6) is -0.720. The van der Waals surface area contributed by atoms with Gasteiger partial charge in [-0.25, -0.2) is 4.98 Å². The molecule has 0 aliphatic rings. The van der Waals surface area contributed by atoms with Crippen molar-refractivity contribution in [2.75, 3.05) is 19.1 Å². The number of pyridine rings is 1. The van der Waals surface area contributed by atoms with Crippen molar-refractivity contribution in [2.45, 2.75) is 13.1 Å². The normalized spacial score (nSPS) is 11.8. The number of methoxy groups -OCH3 is 1. The van der Waals surface area contributed by atoms with Crippen molar-refractivity contribution < 1.29 is 32.5 Å². The van der Waals surface area contributed by atoms with Crippen LogP contribution in [0.5, 0.6) is 11.5 Å². The lowest BCUT2D eigenvalue weighted by Gasteiger charge is -2.12. The van der Waals surface area contributed by atoms with Crippen molar-refractivity contribution in [3.8, 4) is 11.5 Å². The molecule has 0 fully saturated rings. The van der Waals surface area contributed by atoms with E-state index in [4.69, 9.17) is 9.47 Å². The predicted molar refractivity (Wildman–Crippen MR) is 88.6 cm³/mol. The van der Waals surface area contributed by atoms with Gasteiger partial charge in [-0.1, -0.05) is 0 Å². The van der Waals surface area contributed by atoms with E-state index in [1.54, 1.807) is 19.1 Å². The van der Waals surface area contributed by atoms with Crippen LogP contribution in [0.3, 0.4) is 0 Å². The zero-order valence-corrected chi connectivity index (χ0v) is 14.3. The molecule has 1 heterocycles. The van der Waals surface area contributed by atoms with Crippen LogP contribution in [0.2, 0.25) is 0 Å². The predicted octanol–water partition coefficient (Wildman–Crippen LogP) is 2.07. The van der Waals surface area contributed by atoms with Gasteiger partial charge in [-0.05, 0) is 37.3 Å². The number of alkyl halides is 3. The van der Waals surface area contributed by atoms with E-state index in [1.807, 2.05) is 0 Å². The first-order valence-electron chi connectivity index (χ1n) is 7.55. The lowest BCUT2D eigenvalue weighted by Crippen LogP contribution is -2.29. The van der Waals surface area contributed by atoms with Crippen LogP contribution >= 0.6 is 0 Å². The van der Waals surface area contributed by atoms with Crippen LogP contribution in [0.25, 0.3) is 0 Å². The van der Waals surface area contributed by atoms with Crippen molar-refractivity contribution in [1.82, 2.24) is 4.98 Å². The van der Waals surface area contributed by atoms with Gasteiger partial charge in [-0.2, -0.15) is 18.3 Å². The minimum atomic E-state index is -4.46.